The molecule has 0 saturated carbocycles. The molecule has 1 saturated heterocycles. The third-order valence-electron chi connectivity index (χ3n) is 5.79. The molecule has 1 N–H and O–H groups in total. The summed E-state index contributed by atoms with van der Waals surface area (Å²) in [6, 6.07) is 6.65. The predicted molar refractivity (Wildman–Crippen MR) is 125 cm³/mol. The van der Waals surface area contributed by atoms with Crippen LogP contribution in [0.15, 0.2) is 35.1 Å². The maximum Gasteiger partial charge on any atom is 0.202 e. The Bertz CT molecular complexity index is 890. The molecular formula is C23H29BrClN3O2. The van der Waals surface area contributed by atoms with Crippen LogP contribution >= 0.6 is 28.3 Å². The van der Waals surface area contributed by atoms with Crippen LogP contribution in [0.4, 0.5) is 0 Å². The first-order valence-electron chi connectivity index (χ1n) is 10.5. The van der Waals surface area contributed by atoms with Gasteiger partial charge in [-0.1, -0.05) is 24.3 Å². The average Bonchev–Trinajstić information content (AvgIpc) is 3.21. The molecule has 0 unspecified atom stereocenters. The molecule has 0 amide bonds. The maximum absolute atomic E-state index is 12.7. The number of ether oxygens (including phenoxy) is 1. The first-order valence-corrected chi connectivity index (χ1v) is 11.3. The Morgan fingerprint density at radius 1 is 1.23 bits per heavy atom. The third-order valence-corrected chi connectivity index (χ3v) is 6.19. The normalized spacial score (nSPS) is 17.3. The number of ketones is 1. The Hall–Kier alpha value is -1.47. The second-order valence-electron chi connectivity index (χ2n) is 7.85. The van der Waals surface area contributed by atoms with E-state index in [9.17, 15) is 4.79 Å². The van der Waals surface area contributed by atoms with E-state index >= 15 is 0 Å². The van der Waals surface area contributed by atoms with Crippen molar-refractivity contribution in [1.82, 2.24) is 14.9 Å². The Morgan fingerprint density at radius 2 is 2.07 bits per heavy atom. The van der Waals surface area contributed by atoms with Crippen LogP contribution in [0.3, 0.4) is 0 Å². The summed E-state index contributed by atoms with van der Waals surface area (Å²) in [6.45, 7) is 4.76. The second-order valence-corrected chi connectivity index (χ2v) is 8.70. The lowest BCUT2D eigenvalue weighted by atomic mass is 9.87. The van der Waals surface area contributed by atoms with Crippen LogP contribution in [0, 0.1) is 0 Å². The summed E-state index contributed by atoms with van der Waals surface area (Å²) >= 11 is 3.33. The first kappa shape index (κ1) is 23.2. The summed E-state index contributed by atoms with van der Waals surface area (Å²) in [5.41, 5.74) is 5.09. The van der Waals surface area contributed by atoms with E-state index in [0.29, 0.717) is 12.2 Å². The van der Waals surface area contributed by atoms with Crippen LogP contribution < -0.4 is 0 Å². The van der Waals surface area contributed by atoms with Gasteiger partial charge >= 0.3 is 0 Å². The quantitative estimate of drug-likeness (QED) is 0.559. The molecule has 1 aliphatic heterocycles. The number of Topliss-reactive ketones (excluding diaryl/α,β-unsaturated/α-hetero) is 1. The molecule has 0 spiro atoms. The number of hydrogen-bond donors (Lipinski definition) is 1. The summed E-state index contributed by atoms with van der Waals surface area (Å²) in [4.78, 5) is 22.4. The first-order chi connectivity index (χ1) is 14.2. The van der Waals surface area contributed by atoms with Crippen molar-refractivity contribution >= 4 is 39.7 Å². The lowest BCUT2D eigenvalue weighted by molar-refractivity contribution is 0.0384. The van der Waals surface area contributed by atoms with E-state index in [0.717, 1.165) is 62.3 Å². The van der Waals surface area contributed by atoms with Crippen LogP contribution in [-0.4, -0.2) is 53.5 Å². The second kappa shape index (κ2) is 11.2. The molecule has 0 atom stereocenters. The minimum Gasteiger partial charge on any atom is -0.379 e. The monoisotopic (exact) mass is 493 g/mol. The molecule has 2 aliphatic rings. The highest BCUT2D eigenvalue weighted by molar-refractivity contribution is 9.10. The van der Waals surface area contributed by atoms with Crippen LogP contribution in [0.5, 0.6) is 0 Å². The molecule has 0 bridgehead atoms. The van der Waals surface area contributed by atoms with Crippen LogP contribution in [-0.2, 0) is 17.6 Å². The Kier molecular flexibility index (Phi) is 8.69. The van der Waals surface area contributed by atoms with E-state index in [1.165, 1.54) is 29.5 Å². The van der Waals surface area contributed by atoms with Crippen LogP contribution in [0.1, 0.15) is 53.0 Å². The van der Waals surface area contributed by atoms with Gasteiger partial charge in [-0.2, -0.15) is 0 Å². The lowest BCUT2D eigenvalue weighted by Crippen LogP contribution is -2.37. The third kappa shape index (κ3) is 6.03. The van der Waals surface area contributed by atoms with Gasteiger partial charge in [0.2, 0.25) is 5.78 Å². The number of carbonyl (C=O) groups is 1. The van der Waals surface area contributed by atoms with Gasteiger partial charge in [-0.05, 0) is 70.3 Å². The summed E-state index contributed by atoms with van der Waals surface area (Å²) in [5, 5.41) is 0. The van der Waals surface area contributed by atoms with Crippen molar-refractivity contribution in [1.29, 1.82) is 0 Å². The molecule has 2 aromatic rings. The molecule has 30 heavy (non-hydrogen) atoms. The van der Waals surface area contributed by atoms with Gasteiger partial charge in [0.1, 0.15) is 4.60 Å². The van der Waals surface area contributed by atoms with Gasteiger partial charge in [-0.25, -0.2) is 4.98 Å². The molecule has 1 aromatic heterocycles. The molecule has 7 heteroatoms. The molecule has 1 aliphatic carbocycles. The fourth-order valence-electron chi connectivity index (χ4n) is 4.12. The van der Waals surface area contributed by atoms with Crippen molar-refractivity contribution in [2.45, 2.75) is 38.5 Å². The van der Waals surface area contributed by atoms with Crippen LogP contribution in [0.25, 0.3) is 5.57 Å². The smallest absolute Gasteiger partial charge is 0.202 e. The predicted octanol–water partition coefficient (Wildman–Crippen LogP) is 4.85. The van der Waals surface area contributed by atoms with Gasteiger partial charge in [0.15, 0.2) is 5.82 Å². The molecule has 1 aromatic carbocycles. The Labute approximate surface area is 192 Å². The molecule has 5 nitrogen and oxygen atoms in total. The van der Waals surface area contributed by atoms with Crippen LogP contribution in [0.2, 0.25) is 0 Å². The zero-order valence-electron chi connectivity index (χ0n) is 17.2. The highest BCUT2D eigenvalue weighted by Crippen LogP contribution is 2.30. The van der Waals surface area contributed by atoms with Gasteiger partial charge < -0.3 is 9.72 Å². The number of rotatable bonds is 7. The number of hydrogen-bond acceptors (Lipinski definition) is 4. The van der Waals surface area contributed by atoms with E-state index < -0.39 is 0 Å². The van der Waals surface area contributed by atoms with Crippen molar-refractivity contribution < 1.29 is 9.53 Å². The number of imidazole rings is 1. The molecule has 1 fully saturated rings. The van der Waals surface area contributed by atoms with Gasteiger partial charge in [0.25, 0.3) is 0 Å². The standard InChI is InChI=1S/C23H28BrN3O2.ClH/c24-22-16-25-23(26-22)21(28)15-19-7-6-17(8-9-27-10-12-29-13-11-27)14-20(19)18-4-2-1-3-5-18;/h4,6-7,14,16H,1-3,5,8-13,15H2,(H,25,26);1H. The number of nitrogens with one attached hydrogen (secondary N) is 1. The Morgan fingerprint density at radius 3 is 2.77 bits per heavy atom. The topological polar surface area (TPSA) is 58.2 Å². The van der Waals surface area contributed by atoms with Crippen molar-refractivity contribution in [3.63, 3.8) is 0 Å². The minimum absolute atomic E-state index is 0. The summed E-state index contributed by atoms with van der Waals surface area (Å²) < 4.78 is 6.18. The minimum atomic E-state index is 0. The van der Waals surface area contributed by atoms with E-state index in [1.54, 1.807) is 6.20 Å². The van der Waals surface area contributed by atoms with Gasteiger partial charge in [0, 0.05) is 26.1 Å². The van der Waals surface area contributed by atoms with Crippen molar-refractivity contribution in [3.8, 4) is 0 Å². The van der Waals surface area contributed by atoms with E-state index in [4.69, 9.17) is 4.74 Å². The number of allylic oxidation sites excluding steroid dienone is 2. The number of aromatic amines is 1. The fraction of sp³-hybridized carbons (Fsp3) is 0.478. The zero-order valence-corrected chi connectivity index (χ0v) is 19.6. The largest absolute Gasteiger partial charge is 0.379 e. The van der Waals surface area contributed by atoms with Gasteiger partial charge in [-0.15, -0.1) is 12.4 Å². The molecule has 2 heterocycles. The number of benzene rings is 1. The SMILES string of the molecule is Cl.O=C(Cc1ccc(CCN2CCOCC2)cc1C1=CCCCC1)c1ncc(Br)[nH]1. The highest BCUT2D eigenvalue weighted by atomic mass is 79.9. The zero-order chi connectivity index (χ0) is 20.1. The number of morpholine rings is 1. The molecule has 162 valence electrons. The number of aromatic nitrogens is 2. The molecule has 4 rings (SSSR count). The molecular weight excluding hydrogens is 466 g/mol. The van der Waals surface area contributed by atoms with Crippen molar-refractivity contribution in [2.24, 2.45) is 0 Å². The summed E-state index contributed by atoms with van der Waals surface area (Å²) in [6.07, 6.45) is 10.1. The number of carbonyl (C=O) groups excluding carboxylic acids is 1. The van der Waals surface area contributed by atoms with Gasteiger partial charge in [-0.3, -0.25) is 9.69 Å². The average molecular weight is 495 g/mol. The van der Waals surface area contributed by atoms with E-state index in [1.807, 2.05) is 0 Å². The van der Waals surface area contributed by atoms with Crippen molar-refractivity contribution in [3.05, 3.63) is 57.6 Å². The highest BCUT2D eigenvalue weighted by Gasteiger charge is 2.17. The summed E-state index contributed by atoms with van der Waals surface area (Å²) in [7, 11) is 0. The maximum atomic E-state index is 12.7. The fourth-order valence-corrected chi connectivity index (χ4v) is 4.41. The van der Waals surface area contributed by atoms with Gasteiger partial charge in [0.05, 0.1) is 19.4 Å². The number of halogens is 2. The van der Waals surface area contributed by atoms with Crippen molar-refractivity contribution in [2.75, 3.05) is 32.8 Å². The lowest BCUT2D eigenvalue weighted by Gasteiger charge is -2.26. The Balaban J connectivity index is 0.00000256. The van der Waals surface area contributed by atoms with E-state index in [2.05, 4.69) is 55.1 Å². The number of nitrogens with zero attached hydrogens (tertiary/aromatic N) is 2. The number of H-pyrrole nitrogens is 1. The van der Waals surface area contributed by atoms with E-state index in [-0.39, 0.29) is 18.2 Å². The summed E-state index contributed by atoms with van der Waals surface area (Å²) in [5.74, 6) is 0.436. The molecule has 0 radical (unpaired) electrons.